The molecule has 8 nitrogen and oxygen atoms in total. The number of aryl methyl sites for hydroxylation is 1. The number of amides is 1. The summed E-state index contributed by atoms with van der Waals surface area (Å²) in [6.07, 6.45) is 0.494. The average Bonchev–Trinajstić information content (AvgIpc) is 2.51. The molecule has 0 saturated carbocycles. The minimum absolute atomic E-state index is 0.0828. The zero-order valence-electron chi connectivity index (χ0n) is 12.3. The number of hydrogen-bond acceptors (Lipinski definition) is 6. The lowest BCUT2D eigenvalue weighted by Gasteiger charge is -2.14. The highest BCUT2D eigenvalue weighted by atomic mass is 35.5. The summed E-state index contributed by atoms with van der Waals surface area (Å²) < 4.78 is 5.36. The fourth-order valence-electron chi connectivity index (χ4n) is 1.71. The Hall–Kier alpha value is -2.74. The summed E-state index contributed by atoms with van der Waals surface area (Å²) >= 11 is 5.85. The van der Waals surface area contributed by atoms with Crippen LogP contribution in [0, 0.1) is 17.0 Å². The third-order valence-electron chi connectivity index (χ3n) is 2.84. The van der Waals surface area contributed by atoms with E-state index >= 15 is 0 Å². The lowest BCUT2D eigenvalue weighted by atomic mass is 10.3. The van der Waals surface area contributed by atoms with Gasteiger partial charge in [0.25, 0.3) is 5.91 Å². The molecule has 0 saturated heterocycles. The highest BCUT2D eigenvalue weighted by molar-refractivity contribution is 6.32. The molecular weight excluding hydrogens is 324 g/mol. The second-order valence-corrected chi connectivity index (χ2v) is 4.98. The van der Waals surface area contributed by atoms with Crippen LogP contribution in [0.1, 0.15) is 12.6 Å². The van der Waals surface area contributed by atoms with E-state index in [-0.39, 0.29) is 10.9 Å². The number of pyridine rings is 2. The molecule has 9 heteroatoms. The SMILES string of the molecule is Cc1ccc(O[C@H](C)C(=O)Nc2cccnc2Cl)c([N+](=O)[O-])n1. The zero-order chi connectivity index (χ0) is 17.0. The zero-order valence-corrected chi connectivity index (χ0v) is 13.1. The van der Waals surface area contributed by atoms with Crippen molar-refractivity contribution in [2.24, 2.45) is 0 Å². The van der Waals surface area contributed by atoms with Gasteiger partial charge in [-0.2, -0.15) is 0 Å². The second-order valence-electron chi connectivity index (χ2n) is 4.62. The first kappa shape index (κ1) is 16.6. The van der Waals surface area contributed by atoms with Crippen LogP contribution in [0.4, 0.5) is 11.5 Å². The van der Waals surface area contributed by atoms with Crippen LogP contribution in [0.3, 0.4) is 0 Å². The molecule has 2 aromatic heterocycles. The number of nitrogens with one attached hydrogen (secondary N) is 1. The molecule has 2 rings (SSSR count). The van der Waals surface area contributed by atoms with Crippen LogP contribution in [0.5, 0.6) is 5.75 Å². The minimum Gasteiger partial charge on any atom is -0.473 e. The van der Waals surface area contributed by atoms with E-state index in [1.54, 1.807) is 25.1 Å². The van der Waals surface area contributed by atoms with Gasteiger partial charge in [-0.1, -0.05) is 11.6 Å². The molecule has 120 valence electrons. The van der Waals surface area contributed by atoms with Crippen molar-refractivity contribution in [1.82, 2.24) is 9.97 Å². The maximum atomic E-state index is 12.1. The fourth-order valence-corrected chi connectivity index (χ4v) is 1.88. The van der Waals surface area contributed by atoms with Crippen molar-refractivity contribution in [2.75, 3.05) is 5.32 Å². The van der Waals surface area contributed by atoms with E-state index in [2.05, 4.69) is 15.3 Å². The Morgan fingerprint density at radius 3 is 2.83 bits per heavy atom. The molecule has 0 unspecified atom stereocenters. The highest BCUT2D eigenvalue weighted by Gasteiger charge is 2.23. The molecule has 2 heterocycles. The monoisotopic (exact) mass is 336 g/mol. The number of halogens is 1. The Labute approximate surface area is 136 Å². The number of carbonyl (C=O) groups excluding carboxylic acids is 1. The molecule has 0 bridgehead atoms. The van der Waals surface area contributed by atoms with Crippen molar-refractivity contribution >= 4 is 29.0 Å². The van der Waals surface area contributed by atoms with Crippen molar-refractivity contribution in [3.63, 3.8) is 0 Å². The second kappa shape index (κ2) is 7.01. The summed E-state index contributed by atoms with van der Waals surface area (Å²) in [6.45, 7) is 3.08. The van der Waals surface area contributed by atoms with Gasteiger partial charge >= 0.3 is 5.82 Å². The number of anilines is 1. The van der Waals surface area contributed by atoms with Crippen LogP contribution < -0.4 is 10.1 Å². The number of rotatable bonds is 5. The summed E-state index contributed by atoms with van der Waals surface area (Å²) in [4.78, 5) is 30.1. The molecule has 2 aromatic rings. The first-order chi connectivity index (χ1) is 10.9. The van der Waals surface area contributed by atoms with Gasteiger partial charge in [0.05, 0.1) is 5.69 Å². The summed E-state index contributed by atoms with van der Waals surface area (Å²) in [6, 6.07) is 6.16. The molecule has 0 radical (unpaired) electrons. The first-order valence-electron chi connectivity index (χ1n) is 6.58. The predicted octanol–water partition coefficient (Wildman–Crippen LogP) is 2.75. The lowest BCUT2D eigenvalue weighted by Crippen LogP contribution is -2.30. The van der Waals surface area contributed by atoms with Gasteiger partial charge in [-0.15, -0.1) is 0 Å². The van der Waals surface area contributed by atoms with Crippen LogP contribution in [0.15, 0.2) is 30.5 Å². The van der Waals surface area contributed by atoms with Gasteiger partial charge < -0.3 is 20.2 Å². The molecule has 0 aliphatic rings. The lowest BCUT2D eigenvalue weighted by molar-refractivity contribution is -0.390. The van der Waals surface area contributed by atoms with Crippen molar-refractivity contribution < 1.29 is 14.5 Å². The minimum atomic E-state index is -0.991. The van der Waals surface area contributed by atoms with Crippen LogP contribution in [0.2, 0.25) is 5.15 Å². The van der Waals surface area contributed by atoms with Gasteiger partial charge in [0.2, 0.25) is 5.75 Å². The van der Waals surface area contributed by atoms with Crippen LogP contribution in [-0.4, -0.2) is 26.9 Å². The van der Waals surface area contributed by atoms with Gasteiger partial charge in [-0.05, 0) is 41.1 Å². The normalized spacial score (nSPS) is 11.6. The third-order valence-corrected chi connectivity index (χ3v) is 3.14. The van der Waals surface area contributed by atoms with E-state index in [0.29, 0.717) is 11.4 Å². The van der Waals surface area contributed by atoms with Gasteiger partial charge in [-0.25, -0.2) is 4.98 Å². The molecule has 0 fully saturated rings. The summed E-state index contributed by atoms with van der Waals surface area (Å²) in [5, 5.41) is 13.7. The summed E-state index contributed by atoms with van der Waals surface area (Å²) in [5.74, 6) is -1.04. The molecule has 0 aliphatic carbocycles. The fraction of sp³-hybridized carbons (Fsp3) is 0.214. The molecule has 1 amide bonds. The van der Waals surface area contributed by atoms with Crippen LogP contribution in [-0.2, 0) is 4.79 Å². The van der Waals surface area contributed by atoms with Crippen molar-refractivity contribution in [2.45, 2.75) is 20.0 Å². The van der Waals surface area contributed by atoms with Gasteiger partial charge in [0, 0.05) is 13.1 Å². The number of carbonyl (C=O) groups is 1. The van der Waals surface area contributed by atoms with Gasteiger partial charge in [-0.3, -0.25) is 4.79 Å². The molecule has 1 atom stereocenters. The maximum absolute atomic E-state index is 12.1. The van der Waals surface area contributed by atoms with E-state index in [1.807, 2.05) is 0 Å². The molecular formula is C14H13ClN4O4. The third kappa shape index (κ3) is 4.13. The first-order valence-corrected chi connectivity index (χ1v) is 6.96. The summed E-state index contributed by atoms with van der Waals surface area (Å²) in [7, 11) is 0. The van der Waals surface area contributed by atoms with Crippen molar-refractivity contribution in [1.29, 1.82) is 0 Å². The molecule has 0 spiro atoms. The predicted molar refractivity (Wildman–Crippen MR) is 83.6 cm³/mol. The van der Waals surface area contributed by atoms with Crippen molar-refractivity contribution in [3.8, 4) is 5.75 Å². The smallest absolute Gasteiger partial charge is 0.406 e. The summed E-state index contributed by atoms with van der Waals surface area (Å²) in [5.41, 5.74) is 0.800. The van der Waals surface area contributed by atoms with Gasteiger partial charge in [0.15, 0.2) is 11.3 Å². The largest absolute Gasteiger partial charge is 0.473 e. The quantitative estimate of drug-likeness (QED) is 0.511. The number of nitrogens with zero attached hydrogens (tertiary/aromatic N) is 3. The van der Waals surface area contributed by atoms with Gasteiger partial charge in [0.1, 0.15) is 5.69 Å². The standard InChI is InChI=1S/C14H13ClN4O4/c1-8-5-6-11(13(17-8)19(21)22)23-9(2)14(20)18-10-4-3-7-16-12(10)15/h3-7,9H,1-2H3,(H,18,20)/t9-/m1/s1. The molecule has 0 aliphatic heterocycles. The number of ether oxygens (including phenoxy) is 1. The highest BCUT2D eigenvalue weighted by Crippen LogP contribution is 2.26. The Morgan fingerprint density at radius 1 is 1.43 bits per heavy atom. The maximum Gasteiger partial charge on any atom is 0.406 e. The van der Waals surface area contributed by atoms with E-state index in [4.69, 9.17) is 16.3 Å². The molecule has 1 N–H and O–H groups in total. The topological polar surface area (TPSA) is 107 Å². The number of aromatic nitrogens is 2. The van der Waals surface area contributed by atoms with E-state index < -0.39 is 22.8 Å². The Balaban J connectivity index is 2.13. The number of hydrogen-bond donors (Lipinski definition) is 1. The van der Waals surface area contributed by atoms with E-state index in [9.17, 15) is 14.9 Å². The van der Waals surface area contributed by atoms with E-state index in [1.165, 1.54) is 19.2 Å². The van der Waals surface area contributed by atoms with E-state index in [0.717, 1.165) is 0 Å². The van der Waals surface area contributed by atoms with Crippen molar-refractivity contribution in [3.05, 3.63) is 51.4 Å². The van der Waals surface area contributed by atoms with Crippen LogP contribution >= 0.6 is 11.6 Å². The van der Waals surface area contributed by atoms with Crippen LogP contribution in [0.25, 0.3) is 0 Å². The molecule has 0 aromatic carbocycles. The average molecular weight is 337 g/mol. The number of nitro groups is 1. The Kier molecular flexibility index (Phi) is 5.07. The Morgan fingerprint density at radius 2 is 2.17 bits per heavy atom. The Bertz CT molecular complexity index is 753. The molecule has 23 heavy (non-hydrogen) atoms.